The molecule has 4 aliphatic heterocycles. The van der Waals surface area contributed by atoms with Gasteiger partial charge in [-0.25, -0.2) is 26.3 Å². The van der Waals surface area contributed by atoms with Crippen molar-refractivity contribution in [3.05, 3.63) is 137 Å². The van der Waals surface area contributed by atoms with Gasteiger partial charge in [-0.05, 0) is 135 Å². The summed E-state index contributed by atoms with van der Waals surface area (Å²) < 4.78 is 78.6. The van der Waals surface area contributed by atoms with Gasteiger partial charge in [0, 0.05) is 55.4 Å². The SMILES string of the molecule is CNS(=O)(=O)c1ccc(C2=CCN3C(=O)c4cc(OC)c(OCc5cc(COc6cc7c(cc6OC)C(=O)N6CC=C(c8ccc(S(=O)(=O)NC)cc8)C[C@H]6C=N7)cc(NC(=O)[C@H](C)NC(C)[C@@H](N)C(C)C)c5)cc4N=C[C@@H]3C2)cc1. The maximum absolute atomic E-state index is 14.2. The molecule has 0 spiro atoms. The molecule has 5 atom stereocenters. The summed E-state index contributed by atoms with van der Waals surface area (Å²) in [6.45, 7) is 8.37. The lowest BCUT2D eigenvalue weighted by Gasteiger charge is -2.32. The summed E-state index contributed by atoms with van der Waals surface area (Å²) >= 11 is 0. The van der Waals surface area contributed by atoms with Crippen LogP contribution in [0.3, 0.4) is 0 Å². The lowest BCUT2D eigenvalue weighted by Crippen LogP contribution is -2.52. The number of sulfonamides is 2. The van der Waals surface area contributed by atoms with Crippen LogP contribution >= 0.6 is 0 Å². The van der Waals surface area contributed by atoms with Crippen LogP contribution in [-0.2, 0) is 38.1 Å². The predicted molar refractivity (Wildman–Crippen MR) is 311 cm³/mol. The average Bonchev–Trinajstić information content (AvgIpc) is 3.83. The van der Waals surface area contributed by atoms with Crippen LogP contribution in [0.25, 0.3) is 11.1 Å². The third-order valence-corrected chi connectivity index (χ3v) is 17.9. The Morgan fingerprint density at radius 1 is 0.642 bits per heavy atom. The number of anilines is 1. The van der Waals surface area contributed by atoms with Gasteiger partial charge >= 0.3 is 0 Å². The van der Waals surface area contributed by atoms with E-state index in [0.717, 1.165) is 22.3 Å². The third kappa shape index (κ3) is 12.6. The van der Waals surface area contributed by atoms with Crippen LogP contribution in [-0.4, -0.2) is 128 Å². The quantitative estimate of drug-likeness (QED) is 0.0527. The lowest BCUT2D eigenvalue weighted by atomic mass is 9.94. The number of rotatable bonds is 20. The van der Waals surface area contributed by atoms with Gasteiger partial charge in [-0.1, -0.05) is 50.3 Å². The molecule has 0 bridgehead atoms. The number of carbonyl (C=O) groups excluding carboxylic acids is 3. The van der Waals surface area contributed by atoms with Crippen LogP contribution in [0.15, 0.2) is 123 Å². The molecule has 1 unspecified atom stereocenters. The van der Waals surface area contributed by atoms with E-state index in [-0.39, 0.29) is 70.8 Å². The van der Waals surface area contributed by atoms with Gasteiger partial charge in [0.25, 0.3) is 11.8 Å². The molecule has 3 amide bonds. The van der Waals surface area contributed by atoms with E-state index < -0.39 is 26.1 Å². The predicted octanol–water partition coefficient (Wildman–Crippen LogP) is 6.99. The number of methoxy groups -OCH3 is 2. The van der Waals surface area contributed by atoms with Crippen LogP contribution in [0.4, 0.5) is 17.1 Å². The van der Waals surface area contributed by atoms with Crippen molar-refractivity contribution in [2.24, 2.45) is 21.6 Å². The molecule has 0 saturated carbocycles. The standard InChI is InChI=1S/C59H67N9O11S2/c1-34(2)56(60)35(3)65-36(4)57(69)66-43-22-37(32-78-54-28-50-48(26-52(54)76-7)58(70)67-19-17-41(24-44(67)30-63-50)39-9-13-46(14-10-39)80(72,73)61-5)21-38(23-43)33-79-55-29-51-49(27-53(55)77-8)59(71)68-20-18-42(25-45(68)31-64-51)40-11-15-47(16-12-40)81(74,75)62-6/h9-18,21-23,26-31,34-36,44-45,56,61-62,65H,19-20,24-25,32-33,60H2,1-8H3,(H,66,69)/t35?,36-,44-,45-,56-/m0/s1. The molecule has 4 aliphatic rings. The van der Waals surface area contributed by atoms with Crippen LogP contribution in [0.1, 0.15) is 83.5 Å². The van der Waals surface area contributed by atoms with Gasteiger partial charge in [0.1, 0.15) is 13.2 Å². The maximum atomic E-state index is 14.2. The van der Waals surface area contributed by atoms with Crippen molar-refractivity contribution in [2.45, 2.75) is 93.8 Å². The number of hydrogen-bond donors (Lipinski definition) is 5. The summed E-state index contributed by atoms with van der Waals surface area (Å²) in [5, 5.41) is 6.38. The highest BCUT2D eigenvalue weighted by Gasteiger charge is 2.34. The number of ether oxygens (including phenoxy) is 4. The number of amides is 3. The van der Waals surface area contributed by atoms with Crippen molar-refractivity contribution < 1.29 is 50.2 Å². The summed E-state index contributed by atoms with van der Waals surface area (Å²) in [6.07, 6.45) is 8.33. The Kier molecular flexibility index (Phi) is 17.3. The van der Waals surface area contributed by atoms with E-state index in [1.54, 1.807) is 114 Å². The van der Waals surface area contributed by atoms with Gasteiger partial charge in [-0.15, -0.1) is 0 Å². The topological polar surface area (TPSA) is 262 Å². The Hall–Kier alpha value is -7.73. The van der Waals surface area contributed by atoms with E-state index in [1.807, 2.05) is 39.0 Å². The first-order chi connectivity index (χ1) is 38.7. The summed E-state index contributed by atoms with van der Waals surface area (Å²) in [5.41, 5.74) is 13.2. The number of nitrogens with zero attached hydrogens (tertiary/aromatic N) is 4. The third-order valence-electron chi connectivity index (χ3n) is 15.0. The van der Waals surface area contributed by atoms with Gasteiger partial charge in [0.2, 0.25) is 26.0 Å². The normalized spacial score (nSPS) is 18.0. The first kappa shape index (κ1) is 57.9. The minimum absolute atomic E-state index is 0.00910. The second-order valence-corrected chi connectivity index (χ2v) is 24.4. The number of nitrogens with one attached hydrogen (secondary N) is 4. The molecule has 9 rings (SSSR count). The fourth-order valence-corrected chi connectivity index (χ4v) is 11.7. The largest absolute Gasteiger partial charge is 0.493 e. The van der Waals surface area contributed by atoms with E-state index in [4.69, 9.17) is 34.7 Å². The van der Waals surface area contributed by atoms with Crippen molar-refractivity contribution >= 4 is 78.4 Å². The monoisotopic (exact) mass is 1140 g/mol. The fraction of sp³-hybridized carbons (Fsp3) is 0.339. The number of aliphatic imine (C=N–C) groups is 2. The summed E-state index contributed by atoms with van der Waals surface area (Å²) in [7, 11) is -1.50. The number of benzene rings is 5. The molecule has 22 heteroatoms. The van der Waals surface area contributed by atoms with E-state index in [1.165, 1.54) is 28.3 Å². The van der Waals surface area contributed by atoms with E-state index in [0.29, 0.717) is 88.2 Å². The molecule has 4 heterocycles. The van der Waals surface area contributed by atoms with Crippen molar-refractivity contribution in [3.8, 4) is 23.0 Å². The number of fused-ring (bicyclic) bond motifs is 4. The Morgan fingerprint density at radius 3 is 1.47 bits per heavy atom. The molecule has 81 heavy (non-hydrogen) atoms. The molecule has 0 fully saturated rings. The zero-order chi connectivity index (χ0) is 57.9. The highest BCUT2D eigenvalue weighted by atomic mass is 32.2. The minimum atomic E-state index is -3.60. The van der Waals surface area contributed by atoms with Crippen molar-refractivity contribution in [1.29, 1.82) is 0 Å². The summed E-state index contributed by atoms with van der Waals surface area (Å²) in [4.78, 5) is 55.5. The van der Waals surface area contributed by atoms with E-state index in [9.17, 15) is 31.2 Å². The van der Waals surface area contributed by atoms with Gasteiger partial charge in [-0.3, -0.25) is 24.4 Å². The van der Waals surface area contributed by atoms with Crippen molar-refractivity contribution in [3.63, 3.8) is 0 Å². The highest BCUT2D eigenvalue weighted by Crippen LogP contribution is 2.41. The molecule has 426 valence electrons. The summed E-state index contributed by atoms with van der Waals surface area (Å²) in [6, 6.07) is 23.6. The van der Waals surface area contributed by atoms with Gasteiger partial charge in [0.15, 0.2) is 23.0 Å². The molecule has 0 aromatic heterocycles. The molecule has 0 radical (unpaired) electrons. The van der Waals surface area contributed by atoms with Crippen LogP contribution in [0.5, 0.6) is 23.0 Å². The van der Waals surface area contributed by atoms with Crippen LogP contribution < -0.4 is 44.8 Å². The smallest absolute Gasteiger partial charge is 0.257 e. The highest BCUT2D eigenvalue weighted by molar-refractivity contribution is 7.89. The Bertz CT molecular complexity index is 3390. The van der Waals surface area contributed by atoms with Crippen LogP contribution in [0.2, 0.25) is 0 Å². The number of hydrogen-bond acceptors (Lipinski definition) is 15. The average molecular weight is 1140 g/mol. The minimum Gasteiger partial charge on any atom is -0.493 e. The Labute approximate surface area is 472 Å². The maximum Gasteiger partial charge on any atom is 0.257 e. The molecule has 0 saturated heterocycles. The zero-order valence-electron chi connectivity index (χ0n) is 46.3. The molecule has 0 aliphatic carbocycles. The molecule has 5 aromatic rings. The summed E-state index contributed by atoms with van der Waals surface area (Å²) in [5.74, 6) is 0.677. The molecular formula is C59H67N9O11S2. The first-order valence-electron chi connectivity index (χ1n) is 26.5. The molecule has 5 aromatic carbocycles. The first-order valence-corrected chi connectivity index (χ1v) is 29.5. The Balaban J connectivity index is 0.945. The van der Waals surface area contributed by atoms with Crippen molar-refractivity contribution in [1.82, 2.24) is 24.6 Å². The zero-order valence-corrected chi connectivity index (χ0v) is 48.0. The van der Waals surface area contributed by atoms with Crippen LogP contribution in [0, 0.1) is 5.92 Å². The Morgan fingerprint density at radius 2 is 1.07 bits per heavy atom. The van der Waals surface area contributed by atoms with Gasteiger partial charge in [-0.2, -0.15) is 0 Å². The molecule has 20 nitrogen and oxygen atoms in total. The second-order valence-electron chi connectivity index (χ2n) is 20.6. The lowest BCUT2D eigenvalue weighted by molar-refractivity contribution is -0.118. The number of carbonyl (C=O) groups is 3. The number of nitrogens with two attached hydrogens (primary N) is 1. The second kappa shape index (κ2) is 24.2. The molecule has 6 N–H and O–H groups in total. The van der Waals surface area contributed by atoms with E-state index in [2.05, 4.69) is 20.1 Å². The fourth-order valence-electron chi connectivity index (χ4n) is 10.2. The molecular weight excluding hydrogens is 1070 g/mol. The van der Waals surface area contributed by atoms with Crippen molar-refractivity contribution in [2.75, 3.05) is 46.7 Å². The van der Waals surface area contributed by atoms with Gasteiger partial charge < -0.3 is 45.1 Å². The van der Waals surface area contributed by atoms with Gasteiger partial charge in [0.05, 0.1) is 64.6 Å². The van der Waals surface area contributed by atoms with E-state index >= 15 is 0 Å².